The van der Waals surface area contributed by atoms with Crippen LogP contribution in [0.2, 0.25) is 0 Å². The molecule has 2 fully saturated rings. The number of thiazole rings is 1. The number of nitrogens with one attached hydrogen (secondary N) is 1. The van der Waals surface area contributed by atoms with Gasteiger partial charge in [0.2, 0.25) is 0 Å². The molecule has 4 heteroatoms. The van der Waals surface area contributed by atoms with Gasteiger partial charge in [-0.15, -0.1) is 0 Å². The quantitative estimate of drug-likeness (QED) is 0.881. The summed E-state index contributed by atoms with van der Waals surface area (Å²) in [6.45, 7) is 0.891. The summed E-state index contributed by atoms with van der Waals surface area (Å²) in [4.78, 5) is 4.71. The molecule has 3 nitrogen and oxygen atoms in total. The second-order valence-electron chi connectivity index (χ2n) is 6.41. The van der Waals surface area contributed by atoms with Crippen LogP contribution in [0.25, 0.3) is 10.2 Å². The molecule has 0 radical (unpaired) electrons. The van der Waals surface area contributed by atoms with Gasteiger partial charge >= 0.3 is 0 Å². The summed E-state index contributed by atoms with van der Waals surface area (Å²) in [5.74, 6) is 0. The molecule has 1 aromatic carbocycles. The van der Waals surface area contributed by atoms with E-state index in [0.717, 1.165) is 30.1 Å². The number of fused-ring (bicyclic) bond motifs is 1. The predicted octanol–water partition coefficient (Wildman–Crippen LogP) is 4.59. The van der Waals surface area contributed by atoms with Crippen molar-refractivity contribution in [2.45, 2.75) is 56.6 Å². The molecule has 1 saturated carbocycles. The summed E-state index contributed by atoms with van der Waals surface area (Å²) >= 11 is 1.76. The third-order valence-electron chi connectivity index (χ3n) is 4.88. The van der Waals surface area contributed by atoms with E-state index in [0.29, 0.717) is 6.04 Å². The zero-order valence-electron chi connectivity index (χ0n) is 12.3. The van der Waals surface area contributed by atoms with Crippen molar-refractivity contribution < 1.29 is 4.74 Å². The first-order chi connectivity index (χ1) is 10.3. The minimum absolute atomic E-state index is 0.158. The molecule has 21 heavy (non-hydrogen) atoms. The first-order valence-electron chi connectivity index (χ1n) is 8.09. The maximum Gasteiger partial charge on any atom is 0.184 e. The number of benzene rings is 1. The number of hydrogen-bond donors (Lipinski definition) is 1. The van der Waals surface area contributed by atoms with E-state index in [1.165, 1.54) is 36.8 Å². The highest BCUT2D eigenvalue weighted by Crippen LogP contribution is 2.39. The number of aromatic nitrogens is 1. The third kappa shape index (κ3) is 2.79. The number of anilines is 1. The zero-order chi connectivity index (χ0) is 14.1. The Morgan fingerprint density at radius 2 is 2.05 bits per heavy atom. The highest BCUT2D eigenvalue weighted by atomic mass is 32.1. The van der Waals surface area contributed by atoms with Gasteiger partial charge in [0.05, 0.1) is 15.8 Å². The van der Waals surface area contributed by atoms with Gasteiger partial charge in [-0.05, 0) is 37.8 Å². The Morgan fingerprint density at radius 3 is 2.90 bits per heavy atom. The average molecular weight is 302 g/mol. The summed E-state index contributed by atoms with van der Waals surface area (Å²) in [6.07, 6.45) is 8.75. The molecule has 1 aromatic heterocycles. The Morgan fingerprint density at radius 1 is 1.19 bits per heavy atom. The number of nitrogens with zero attached hydrogens (tertiary/aromatic N) is 1. The van der Waals surface area contributed by atoms with Crippen molar-refractivity contribution in [1.29, 1.82) is 0 Å². The van der Waals surface area contributed by atoms with E-state index >= 15 is 0 Å². The second-order valence-corrected chi connectivity index (χ2v) is 7.44. The van der Waals surface area contributed by atoms with Crippen LogP contribution in [0.1, 0.15) is 44.9 Å². The lowest BCUT2D eigenvalue weighted by Gasteiger charge is -2.43. The molecule has 1 atom stereocenters. The van der Waals surface area contributed by atoms with E-state index in [4.69, 9.17) is 9.72 Å². The molecule has 1 N–H and O–H groups in total. The molecule has 0 bridgehead atoms. The molecule has 1 aliphatic heterocycles. The van der Waals surface area contributed by atoms with Crippen LogP contribution in [0.15, 0.2) is 24.3 Å². The monoisotopic (exact) mass is 302 g/mol. The van der Waals surface area contributed by atoms with Crippen molar-refractivity contribution in [2.75, 3.05) is 11.9 Å². The van der Waals surface area contributed by atoms with Gasteiger partial charge < -0.3 is 10.1 Å². The maximum atomic E-state index is 6.18. The van der Waals surface area contributed by atoms with E-state index in [1.807, 2.05) is 0 Å². The second kappa shape index (κ2) is 5.58. The van der Waals surface area contributed by atoms with Gasteiger partial charge in [0.1, 0.15) is 0 Å². The summed E-state index contributed by atoms with van der Waals surface area (Å²) in [7, 11) is 0. The van der Waals surface area contributed by atoms with Crippen LogP contribution in [0.3, 0.4) is 0 Å². The van der Waals surface area contributed by atoms with Gasteiger partial charge in [-0.1, -0.05) is 42.7 Å². The van der Waals surface area contributed by atoms with Crippen molar-refractivity contribution in [3.63, 3.8) is 0 Å². The highest BCUT2D eigenvalue weighted by molar-refractivity contribution is 7.22. The minimum Gasteiger partial charge on any atom is -0.375 e. The van der Waals surface area contributed by atoms with E-state index in [-0.39, 0.29) is 5.60 Å². The normalized spacial score (nSPS) is 25.2. The molecule has 2 aliphatic rings. The maximum absolute atomic E-state index is 6.18. The Balaban J connectivity index is 1.48. The number of para-hydroxylation sites is 1. The van der Waals surface area contributed by atoms with Crippen LogP contribution in [0.5, 0.6) is 0 Å². The van der Waals surface area contributed by atoms with Crippen LogP contribution in [0, 0.1) is 0 Å². The fourth-order valence-corrected chi connectivity index (χ4v) is 4.75. The number of rotatable bonds is 2. The first-order valence-corrected chi connectivity index (χ1v) is 8.91. The van der Waals surface area contributed by atoms with Gasteiger partial charge in [0.25, 0.3) is 0 Å². The third-order valence-corrected chi connectivity index (χ3v) is 5.85. The molecule has 1 saturated heterocycles. The van der Waals surface area contributed by atoms with Crippen molar-refractivity contribution in [2.24, 2.45) is 0 Å². The fourth-order valence-electron chi connectivity index (χ4n) is 3.80. The molecular weight excluding hydrogens is 280 g/mol. The van der Waals surface area contributed by atoms with E-state index in [9.17, 15) is 0 Å². The van der Waals surface area contributed by atoms with Crippen LogP contribution >= 0.6 is 11.3 Å². The largest absolute Gasteiger partial charge is 0.375 e. The number of ether oxygens (including phenoxy) is 1. The average Bonchev–Trinajstić information content (AvgIpc) is 2.90. The van der Waals surface area contributed by atoms with Crippen LogP contribution in [0.4, 0.5) is 5.13 Å². The van der Waals surface area contributed by atoms with E-state index < -0.39 is 0 Å². The van der Waals surface area contributed by atoms with Crippen molar-refractivity contribution in [1.82, 2.24) is 4.98 Å². The van der Waals surface area contributed by atoms with Crippen LogP contribution in [-0.2, 0) is 4.74 Å². The van der Waals surface area contributed by atoms with Gasteiger partial charge in [-0.3, -0.25) is 0 Å². The first kappa shape index (κ1) is 13.5. The van der Waals surface area contributed by atoms with Gasteiger partial charge in [-0.25, -0.2) is 4.98 Å². The van der Waals surface area contributed by atoms with E-state index in [2.05, 4.69) is 29.6 Å². The SMILES string of the molecule is c1ccc2sc(NC3CCOC4(CCCCC4)C3)nc2c1. The molecule has 112 valence electrons. The van der Waals surface area contributed by atoms with Crippen LogP contribution < -0.4 is 5.32 Å². The molecule has 4 rings (SSSR count). The van der Waals surface area contributed by atoms with E-state index in [1.54, 1.807) is 11.3 Å². The lowest BCUT2D eigenvalue weighted by Crippen LogP contribution is -2.45. The molecule has 1 spiro atoms. The summed E-state index contributed by atoms with van der Waals surface area (Å²) in [5, 5.41) is 4.73. The molecule has 2 aromatic rings. The topological polar surface area (TPSA) is 34.1 Å². The van der Waals surface area contributed by atoms with Crippen molar-refractivity contribution in [3.05, 3.63) is 24.3 Å². The van der Waals surface area contributed by atoms with Crippen molar-refractivity contribution >= 4 is 26.7 Å². The smallest absolute Gasteiger partial charge is 0.184 e. The van der Waals surface area contributed by atoms with Gasteiger partial charge in [0, 0.05) is 12.6 Å². The zero-order valence-corrected chi connectivity index (χ0v) is 13.1. The molecule has 0 amide bonds. The number of hydrogen-bond acceptors (Lipinski definition) is 4. The molecule has 2 heterocycles. The van der Waals surface area contributed by atoms with Gasteiger partial charge in [0.15, 0.2) is 5.13 Å². The Kier molecular flexibility index (Phi) is 3.59. The standard InChI is InChI=1S/C17H22N2OS/c1-4-9-17(10-5-1)12-13(8-11-20-17)18-16-19-14-6-2-3-7-15(14)21-16/h2-3,6-7,13H,1,4-5,8-12H2,(H,18,19). The lowest BCUT2D eigenvalue weighted by atomic mass is 9.78. The summed E-state index contributed by atoms with van der Waals surface area (Å²) in [5.41, 5.74) is 1.26. The Hall–Kier alpha value is -1.13. The van der Waals surface area contributed by atoms with Crippen LogP contribution in [-0.4, -0.2) is 23.2 Å². The molecular formula is C17H22N2OS. The highest BCUT2D eigenvalue weighted by Gasteiger charge is 2.38. The lowest BCUT2D eigenvalue weighted by molar-refractivity contribution is -0.103. The fraction of sp³-hybridized carbons (Fsp3) is 0.588. The van der Waals surface area contributed by atoms with Crippen molar-refractivity contribution in [3.8, 4) is 0 Å². The summed E-state index contributed by atoms with van der Waals surface area (Å²) < 4.78 is 7.44. The van der Waals surface area contributed by atoms with Gasteiger partial charge in [-0.2, -0.15) is 0 Å². The minimum atomic E-state index is 0.158. The molecule has 1 unspecified atom stereocenters. The Labute approximate surface area is 129 Å². The summed E-state index contributed by atoms with van der Waals surface area (Å²) in [6, 6.07) is 8.87. The Bertz CT molecular complexity index is 580. The molecule has 1 aliphatic carbocycles. The predicted molar refractivity (Wildman–Crippen MR) is 88.0 cm³/mol.